The number of nitrogens with one attached hydrogen (secondary N) is 1. The van der Waals surface area contributed by atoms with E-state index in [0.29, 0.717) is 0 Å². The molecule has 0 saturated heterocycles. The predicted octanol–water partition coefficient (Wildman–Crippen LogP) is 3.45. The molecule has 1 aromatic heterocycles. The molecule has 0 amide bonds. The number of hydrogen-bond acceptors (Lipinski definition) is 3. The fraction of sp³-hybridized carbons (Fsp3) is 0.333. The van der Waals surface area contributed by atoms with E-state index in [0.717, 1.165) is 29.5 Å². The van der Waals surface area contributed by atoms with Gasteiger partial charge in [0.15, 0.2) is 5.82 Å². The van der Waals surface area contributed by atoms with Crippen molar-refractivity contribution < 1.29 is 0 Å². The van der Waals surface area contributed by atoms with Crippen molar-refractivity contribution >= 4 is 5.82 Å². The molecule has 0 unspecified atom stereocenters. The Labute approximate surface area is 107 Å². The maximum absolute atomic E-state index is 4.46. The van der Waals surface area contributed by atoms with Crippen LogP contribution in [0.1, 0.15) is 31.2 Å². The first-order valence-electron chi connectivity index (χ1n) is 6.53. The van der Waals surface area contributed by atoms with Gasteiger partial charge in [-0.25, -0.2) is 4.98 Å². The first-order chi connectivity index (χ1) is 8.88. The predicted molar refractivity (Wildman–Crippen MR) is 73.6 cm³/mol. The number of hydrogen-bond donors (Lipinski definition) is 1. The van der Waals surface area contributed by atoms with E-state index in [9.17, 15) is 0 Å². The second-order valence-electron chi connectivity index (χ2n) is 4.68. The van der Waals surface area contributed by atoms with Crippen molar-refractivity contribution in [3.8, 4) is 11.3 Å². The summed E-state index contributed by atoms with van der Waals surface area (Å²) in [5.41, 5.74) is 3.53. The quantitative estimate of drug-likeness (QED) is 0.888. The van der Waals surface area contributed by atoms with Gasteiger partial charge >= 0.3 is 0 Å². The Bertz CT molecular complexity index is 547. The van der Waals surface area contributed by atoms with Crippen molar-refractivity contribution in [3.63, 3.8) is 0 Å². The number of rotatable bonds is 4. The largest absolute Gasteiger partial charge is 0.369 e. The summed E-state index contributed by atoms with van der Waals surface area (Å²) in [6, 6.07) is 8.69. The maximum atomic E-state index is 4.46. The van der Waals surface area contributed by atoms with Gasteiger partial charge in [0.25, 0.3) is 0 Å². The summed E-state index contributed by atoms with van der Waals surface area (Å²) in [5, 5.41) is 3.27. The molecule has 92 valence electrons. The van der Waals surface area contributed by atoms with Crippen LogP contribution in [-0.4, -0.2) is 16.5 Å². The van der Waals surface area contributed by atoms with Gasteiger partial charge in [0.2, 0.25) is 0 Å². The van der Waals surface area contributed by atoms with Crippen molar-refractivity contribution in [2.75, 3.05) is 11.9 Å². The third-order valence-corrected chi connectivity index (χ3v) is 3.25. The van der Waals surface area contributed by atoms with E-state index in [4.69, 9.17) is 0 Å². The lowest BCUT2D eigenvalue weighted by atomic mass is 10.0. The van der Waals surface area contributed by atoms with E-state index in [-0.39, 0.29) is 0 Å². The molecule has 0 atom stereocenters. The maximum Gasteiger partial charge on any atom is 0.152 e. The molecule has 2 aromatic rings. The Balaban J connectivity index is 2.00. The van der Waals surface area contributed by atoms with Gasteiger partial charge in [-0.05, 0) is 37.3 Å². The van der Waals surface area contributed by atoms with Crippen LogP contribution in [0.5, 0.6) is 0 Å². The number of aromatic nitrogens is 2. The first kappa shape index (κ1) is 11.2. The Morgan fingerprint density at radius 3 is 2.83 bits per heavy atom. The molecule has 1 aliphatic carbocycles. The zero-order valence-electron chi connectivity index (χ0n) is 10.6. The van der Waals surface area contributed by atoms with E-state index in [1.54, 1.807) is 12.4 Å². The second-order valence-corrected chi connectivity index (χ2v) is 4.68. The lowest BCUT2D eigenvalue weighted by Gasteiger charge is -2.09. The number of nitrogens with zero attached hydrogens (tertiary/aromatic N) is 2. The molecule has 1 saturated carbocycles. The molecular weight excluding hydrogens is 222 g/mol. The molecular formula is C15H17N3. The molecule has 3 nitrogen and oxygen atoms in total. The molecule has 0 aliphatic heterocycles. The number of anilines is 1. The number of benzene rings is 1. The van der Waals surface area contributed by atoms with E-state index in [2.05, 4.69) is 46.5 Å². The third-order valence-electron chi connectivity index (χ3n) is 3.25. The summed E-state index contributed by atoms with van der Waals surface area (Å²) in [4.78, 5) is 8.82. The highest BCUT2D eigenvalue weighted by Gasteiger charge is 2.23. The molecule has 3 heteroatoms. The standard InChI is InChI=1S/C15H17N3/c1-2-16-15-14(17-8-9-18-15)13-5-3-4-12(10-13)11-6-7-11/h3-5,8-11H,2,6-7H2,1H3,(H,16,18). The minimum Gasteiger partial charge on any atom is -0.369 e. The smallest absolute Gasteiger partial charge is 0.152 e. The second kappa shape index (κ2) is 4.77. The van der Waals surface area contributed by atoms with Crippen LogP contribution < -0.4 is 5.32 Å². The van der Waals surface area contributed by atoms with Crippen molar-refractivity contribution in [1.29, 1.82) is 0 Å². The van der Waals surface area contributed by atoms with E-state index < -0.39 is 0 Å². The van der Waals surface area contributed by atoms with Gasteiger partial charge in [0, 0.05) is 24.5 Å². The van der Waals surface area contributed by atoms with Crippen molar-refractivity contribution in [3.05, 3.63) is 42.2 Å². The van der Waals surface area contributed by atoms with Crippen LogP contribution in [0, 0.1) is 0 Å². The van der Waals surface area contributed by atoms with E-state index >= 15 is 0 Å². The van der Waals surface area contributed by atoms with Gasteiger partial charge in [0.1, 0.15) is 5.69 Å². The molecule has 1 aliphatic rings. The topological polar surface area (TPSA) is 37.8 Å². The molecule has 1 heterocycles. The van der Waals surface area contributed by atoms with Gasteiger partial charge in [-0.1, -0.05) is 18.2 Å². The van der Waals surface area contributed by atoms with Crippen LogP contribution in [0.2, 0.25) is 0 Å². The monoisotopic (exact) mass is 239 g/mol. The summed E-state index contributed by atoms with van der Waals surface area (Å²) < 4.78 is 0. The lowest BCUT2D eigenvalue weighted by Crippen LogP contribution is -2.02. The van der Waals surface area contributed by atoms with Crippen LogP contribution in [0.3, 0.4) is 0 Å². The van der Waals surface area contributed by atoms with Crippen LogP contribution in [-0.2, 0) is 0 Å². The molecule has 1 aromatic carbocycles. The first-order valence-corrected chi connectivity index (χ1v) is 6.53. The van der Waals surface area contributed by atoms with Crippen LogP contribution >= 0.6 is 0 Å². The highest BCUT2D eigenvalue weighted by Crippen LogP contribution is 2.41. The Morgan fingerprint density at radius 2 is 2.06 bits per heavy atom. The van der Waals surface area contributed by atoms with Crippen LogP contribution in [0.4, 0.5) is 5.82 Å². The molecule has 3 rings (SSSR count). The fourth-order valence-corrected chi connectivity index (χ4v) is 2.20. The lowest BCUT2D eigenvalue weighted by molar-refractivity contribution is 1.11. The molecule has 1 N–H and O–H groups in total. The van der Waals surface area contributed by atoms with E-state index in [1.165, 1.54) is 18.4 Å². The SMILES string of the molecule is CCNc1nccnc1-c1cccc(C2CC2)c1. The average molecular weight is 239 g/mol. The summed E-state index contributed by atoms with van der Waals surface area (Å²) in [5.74, 6) is 1.64. The summed E-state index contributed by atoms with van der Waals surface area (Å²) in [6.07, 6.45) is 6.13. The van der Waals surface area contributed by atoms with Crippen LogP contribution in [0.25, 0.3) is 11.3 Å². The fourth-order valence-electron chi connectivity index (χ4n) is 2.20. The van der Waals surface area contributed by atoms with Gasteiger partial charge in [0.05, 0.1) is 0 Å². The van der Waals surface area contributed by atoms with Crippen molar-refractivity contribution in [2.45, 2.75) is 25.7 Å². The Morgan fingerprint density at radius 1 is 1.22 bits per heavy atom. The highest BCUT2D eigenvalue weighted by molar-refractivity contribution is 5.71. The van der Waals surface area contributed by atoms with E-state index in [1.807, 2.05) is 0 Å². The van der Waals surface area contributed by atoms with Crippen molar-refractivity contribution in [2.24, 2.45) is 0 Å². The molecule has 1 fully saturated rings. The molecule has 0 spiro atoms. The summed E-state index contributed by atoms with van der Waals surface area (Å²) >= 11 is 0. The zero-order chi connectivity index (χ0) is 12.4. The van der Waals surface area contributed by atoms with Gasteiger partial charge in [-0.15, -0.1) is 0 Å². The van der Waals surface area contributed by atoms with Gasteiger partial charge in [-0.2, -0.15) is 0 Å². The molecule has 0 bridgehead atoms. The Hall–Kier alpha value is -1.90. The third kappa shape index (κ3) is 2.21. The highest BCUT2D eigenvalue weighted by atomic mass is 15.0. The normalized spacial score (nSPS) is 14.5. The Kier molecular flexibility index (Phi) is 2.97. The van der Waals surface area contributed by atoms with Gasteiger partial charge in [-0.3, -0.25) is 4.98 Å². The van der Waals surface area contributed by atoms with Crippen molar-refractivity contribution in [1.82, 2.24) is 9.97 Å². The summed E-state index contributed by atoms with van der Waals surface area (Å²) in [6.45, 7) is 2.92. The van der Waals surface area contributed by atoms with Crippen LogP contribution in [0.15, 0.2) is 36.7 Å². The molecule has 0 radical (unpaired) electrons. The van der Waals surface area contributed by atoms with Gasteiger partial charge < -0.3 is 5.32 Å². The average Bonchev–Trinajstić information content (AvgIpc) is 3.24. The minimum atomic E-state index is 0.768. The summed E-state index contributed by atoms with van der Waals surface area (Å²) in [7, 11) is 0. The molecule has 18 heavy (non-hydrogen) atoms. The zero-order valence-corrected chi connectivity index (χ0v) is 10.6. The minimum absolute atomic E-state index is 0.768.